The first kappa shape index (κ1) is 19.1. The Bertz CT molecular complexity index is 194. The van der Waals surface area contributed by atoms with Crippen molar-refractivity contribution in [1.29, 1.82) is 0 Å². The maximum Gasteiger partial charge on any atom is 0.366 e. The highest BCUT2D eigenvalue weighted by Gasteiger charge is 2.37. The van der Waals surface area contributed by atoms with Gasteiger partial charge in [0.1, 0.15) is 0 Å². The third-order valence-corrected chi connectivity index (χ3v) is 7.33. The topological polar surface area (TPSA) is 48.1 Å². The first-order valence-electron chi connectivity index (χ1n) is 8.00. The Morgan fingerprint density at radius 2 is 1.00 bits per heavy atom. The molecule has 0 aromatic carbocycles. The van der Waals surface area contributed by atoms with Crippen molar-refractivity contribution in [2.24, 2.45) is 0 Å². The standard InChI is InChI=1S/C14H36N4Si/c1-8-12(5)16-19(15-11-4,17-13(6)9-2)18-14(7)10-3/h12-18H,8-11H2,1-7H3. The molecule has 0 rings (SSSR count). The maximum absolute atomic E-state index is 3.82. The highest BCUT2D eigenvalue weighted by molar-refractivity contribution is 6.70. The lowest BCUT2D eigenvalue weighted by Gasteiger charge is -2.39. The molecule has 4 N–H and O–H groups in total. The molecule has 116 valence electrons. The van der Waals surface area contributed by atoms with Gasteiger partial charge in [-0.25, -0.2) is 0 Å². The molecule has 4 nitrogen and oxygen atoms in total. The molecule has 0 aliphatic carbocycles. The van der Waals surface area contributed by atoms with Gasteiger partial charge >= 0.3 is 8.72 Å². The summed E-state index contributed by atoms with van der Waals surface area (Å²) in [4.78, 5) is 15.1. The maximum atomic E-state index is 3.82. The Hall–Kier alpha value is 0.0569. The Labute approximate surface area is 121 Å². The van der Waals surface area contributed by atoms with Crippen molar-refractivity contribution in [3.63, 3.8) is 0 Å². The Morgan fingerprint density at radius 1 is 0.684 bits per heavy atom. The first-order valence-corrected chi connectivity index (χ1v) is 10.0. The van der Waals surface area contributed by atoms with E-state index >= 15 is 0 Å². The highest BCUT2D eigenvalue weighted by Crippen LogP contribution is 2.01. The molecule has 3 unspecified atom stereocenters. The van der Waals surface area contributed by atoms with Crippen molar-refractivity contribution < 1.29 is 0 Å². The normalized spacial score (nSPS) is 19.7. The van der Waals surface area contributed by atoms with Crippen LogP contribution in [0.25, 0.3) is 0 Å². The Balaban J connectivity index is 4.96. The van der Waals surface area contributed by atoms with Gasteiger partial charge in [-0.1, -0.05) is 48.5 Å². The summed E-state index contributed by atoms with van der Waals surface area (Å²) in [6.45, 7) is 16.6. The Kier molecular flexibility index (Phi) is 9.91. The summed E-state index contributed by atoms with van der Waals surface area (Å²) < 4.78 is 0. The third kappa shape index (κ3) is 7.42. The van der Waals surface area contributed by atoms with Crippen molar-refractivity contribution in [1.82, 2.24) is 19.9 Å². The molecular weight excluding hydrogens is 252 g/mol. The summed E-state index contributed by atoms with van der Waals surface area (Å²) in [5, 5.41) is 0. The van der Waals surface area contributed by atoms with E-state index in [0.29, 0.717) is 18.1 Å². The summed E-state index contributed by atoms with van der Waals surface area (Å²) in [5.74, 6) is 0. The zero-order valence-corrected chi connectivity index (χ0v) is 15.1. The minimum absolute atomic E-state index is 0.513. The van der Waals surface area contributed by atoms with Crippen LogP contribution in [-0.2, 0) is 0 Å². The van der Waals surface area contributed by atoms with Crippen LogP contribution < -0.4 is 19.9 Å². The van der Waals surface area contributed by atoms with Crippen LogP contribution in [-0.4, -0.2) is 33.4 Å². The minimum atomic E-state index is -2.05. The van der Waals surface area contributed by atoms with E-state index in [1.54, 1.807) is 0 Å². The zero-order valence-electron chi connectivity index (χ0n) is 14.1. The van der Waals surface area contributed by atoms with E-state index < -0.39 is 8.72 Å². The highest BCUT2D eigenvalue weighted by atomic mass is 28.4. The number of nitrogens with one attached hydrogen (secondary N) is 4. The fraction of sp³-hybridized carbons (Fsp3) is 1.00. The molecule has 0 aromatic rings. The second-order valence-electron chi connectivity index (χ2n) is 5.64. The lowest BCUT2D eigenvalue weighted by molar-refractivity contribution is 0.517. The molecule has 0 saturated heterocycles. The van der Waals surface area contributed by atoms with Crippen molar-refractivity contribution >= 4 is 8.72 Å². The molecule has 0 fully saturated rings. The van der Waals surface area contributed by atoms with Gasteiger partial charge in [0.15, 0.2) is 0 Å². The van der Waals surface area contributed by atoms with E-state index in [-0.39, 0.29) is 0 Å². The molecule has 0 amide bonds. The molecule has 0 aliphatic heterocycles. The van der Waals surface area contributed by atoms with Crippen LogP contribution in [0.1, 0.15) is 67.7 Å². The SMILES string of the molecule is CCN[Si](NC(C)CC)(NC(C)CC)NC(C)CC. The van der Waals surface area contributed by atoms with Crippen LogP contribution in [0.3, 0.4) is 0 Å². The molecule has 0 bridgehead atoms. The molecule has 3 atom stereocenters. The second kappa shape index (κ2) is 9.88. The van der Waals surface area contributed by atoms with E-state index in [4.69, 9.17) is 0 Å². The predicted molar refractivity (Wildman–Crippen MR) is 88.1 cm³/mol. The number of hydrogen-bond donors (Lipinski definition) is 4. The summed E-state index contributed by atoms with van der Waals surface area (Å²) in [6, 6.07) is 1.54. The third-order valence-electron chi connectivity index (χ3n) is 3.67. The smallest absolute Gasteiger partial charge is 0.301 e. The molecule has 0 spiro atoms. The zero-order chi connectivity index (χ0) is 14.9. The van der Waals surface area contributed by atoms with E-state index in [1.807, 2.05) is 0 Å². The van der Waals surface area contributed by atoms with Crippen LogP contribution in [0.15, 0.2) is 0 Å². The average Bonchev–Trinajstić information content (AvgIpc) is 2.38. The van der Waals surface area contributed by atoms with E-state index in [1.165, 1.54) is 0 Å². The molecule has 0 heterocycles. The number of rotatable bonds is 11. The summed E-state index contributed by atoms with van der Waals surface area (Å²) in [6.07, 6.45) is 3.43. The minimum Gasteiger partial charge on any atom is -0.301 e. The summed E-state index contributed by atoms with van der Waals surface area (Å²) in [5.41, 5.74) is 0. The van der Waals surface area contributed by atoms with Crippen molar-refractivity contribution in [2.75, 3.05) is 6.54 Å². The first-order chi connectivity index (χ1) is 8.92. The van der Waals surface area contributed by atoms with Crippen LogP contribution in [0.2, 0.25) is 0 Å². The monoisotopic (exact) mass is 288 g/mol. The van der Waals surface area contributed by atoms with Gasteiger partial charge in [-0.15, -0.1) is 0 Å². The van der Waals surface area contributed by atoms with E-state index in [9.17, 15) is 0 Å². The van der Waals surface area contributed by atoms with Gasteiger partial charge < -0.3 is 4.98 Å². The van der Waals surface area contributed by atoms with Gasteiger partial charge in [-0.05, 0) is 25.8 Å². The second-order valence-corrected chi connectivity index (χ2v) is 8.36. The predicted octanol–water partition coefficient (Wildman–Crippen LogP) is 2.20. The molecular formula is C14H36N4Si. The Morgan fingerprint density at radius 3 is 1.21 bits per heavy atom. The van der Waals surface area contributed by atoms with Crippen LogP contribution in [0.5, 0.6) is 0 Å². The fourth-order valence-corrected chi connectivity index (χ4v) is 5.87. The van der Waals surface area contributed by atoms with E-state index in [2.05, 4.69) is 68.4 Å². The van der Waals surface area contributed by atoms with Crippen molar-refractivity contribution in [3.8, 4) is 0 Å². The van der Waals surface area contributed by atoms with Crippen LogP contribution in [0.4, 0.5) is 0 Å². The molecule has 19 heavy (non-hydrogen) atoms. The summed E-state index contributed by atoms with van der Waals surface area (Å²) >= 11 is 0. The fourth-order valence-electron chi connectivity index (χ4n) is 1.96. The lowest BCUT2D eigenvalue weighted by Crippen LogP contribution is -2.84. The lowest BCUT2D eigenvalue weighted by atomic mass is 10.3. The van der Waals surface area contributed by atoms with Gasteiger partial charge in [-0.2, -0.15) is 0 Å². The molecule has 0 aromatic heterocycles. The van der Waals surface area contributed by atoms with Gasteiger partial charge in [0.25, 0.3) is 0 Å². The molecule has 5 heteroatoms. The van der Waals surface area contributed by atoms with E-state index in [0.717, 1.165) is 25.8 Å². The molecule has 0 radical (unpaired) electrons. The van der Waals surface area contributed by atoms with Gasteiger partial charge in [-0.3, -0.25) is 14.9 Å². The van der Waals surface area contributed by atoms with Crippen LogP contribution >= 0.6 is 0 Å². The quantitative estimate of drug-likeness (QED) is 0.440. The number of hydrogen-bond acceptors (Lipinski definition) is 4. The largest absolute Gasteiger partial charge is 0.366 e. The van der Waals surface area contributed by atoms with Crippen molar-refractivity contribution in [3.05, 3.63) is 0 Å². The van der Waals surface area contributed by atoms with Crippen molar-refractivity contribution in [2.45, 2.75) is 85.9 Å². The average molecular weight is 289 g/mol. The van der Waals surface area contributed by atoms with Gasteiger partial charge in [0.05, 0.1) is 0 Å². The van der Waals surface area contributed by atoms with Gasteiger partial charge in [0, 0.05) is 18.1 Å². The summed E-state index contributed by atoms with van der Waals surface area (Å²) in [7, 11) is -2.05. The molecule has 0 aliphatic rings. The van der Waals surface area contributed by atoms with Gasteiger partial charge in [0.2, 0.25) is 0 Å². The van der Waals surface area contributed by atoms with Crippen LogP contribution in [0, 0.1) is 0 Å². The molecule has 0 saturated carbocycles.